The highest BCUT2D eigenvalue weighted by molar-refractivity contribution is 7.95. The fourth-order valence-corrected chi connectivity index (χ4v) is 2.52. The van der Waals surface area contributed by atoms with Crippen LogP contribution in [-0.4, -0.2) is 19.2 Å². The van der Waals surface area contributed by atoms with Crippen LogP contribution in [0.15, 0.2) is 12.1 Å². The van der Waals surface area contributed by atoms with E-state index in [0.29, 0.717) is 0 Å². The molecular formula is C9H10F2N2O2S2. The summed E-state index contributed by atoms with van der Waals surface area (Å²) in [6.45, 7) is 1.37. The quantitative estimate of drug-likeness (QED) is 0.815. The van der Waals surface area contributed by atoms with Crippen LogP contribution < -0.4 is 10.5 Å². The molecule has 0 fully saturated rings. The molecule has 3 N–H and O–H groups in total. The molecule has 0 aromatic heterocycles. The maximum atomic E-state index is 13.3. The lowest BCUT2D eigenvalue weighted by Gasteiger charge is -2.09. The minimum Gasteiger partial charge on any atom is -0.392 e. The molecule has 0 amide bonds. The number of hydrogen-bond donors (Lipinski definition) is 2. The molecule has 4 nitrogen and oxygen atoms in total. The van der Waals surface area contributed by atoms with Crippen molar-refractivity contribution in [2.75, 3.05) is 10.5 Å². The van der Waals surface area contributed by atoms with E-state index in [9.17, 15) is 17.2 Å². The van der Waals surface area contributed by atoms with E-state index >= 15 is 0 Å². The molecule has 17 heavy (non-hydrogen) atoms. The molecule has 1 aromatic rings. The van der Waals surface area contributed by atoms with Gasteiger partial charge in [-0.25, -0.2) is 17.2 Å². The second kappa shape index (κ2) is 4.92. The summed E-state index contributed by atoms with van der Waals surface area (Å²) in [6, 6.07) is 1.66. The number of hydrogen-bond acceptors (Lipinski definition) is 3. The summed E-state index contributed by atoms with van der Waals surface area (Å²) < 4.78 is 51.1. The first kappa shape index (κ1) is 13.8. The Morgan fingerprint density at radius 1 is 1.41 bits per heavy atom. The molecule has 0 saturated heterocycles. The lowest BCUT2D eigenvalue weighted by atomic mass is 10.2. The van der Waals surface area contributed by atoms with E-state index < -0.39 is 33.1 Å². The highest BCUT2D eigenvalue weighted by Crippen LogP contribution is 2.19. The van der Waals surface area contributed by atoms with E-state index in [-0.39, 0.29) is 10.6 Å². The van der Waals surface area contributed by atoms with Gasteiger partial charge in [-0.1, -0.05) is 12.2 Å². The summed E-state index contributed by atoms with van der Waals surface area (Å²) in [5, 5.41) is 0. The first-order valence-electron chi connectivity index (χ1n) is 4.46. The number of nitrogens with one attached hydrogen (secondary N) is 1. The zero-order chi connectivity index (χ0) is 13.2. The smallest absolute Gasteiger partial charge is 0.239 e. The summed E-state index contributed by atoms with van der Waals surface area (Å²) in [4.78, 5) is -0.259. The van der Waals surface area contributed by atoms with Gasteiger partial charge < -0.3 is 5.73 Å². The van der Waals surface area contributed by atoms with E-state index in [0.717, 1.165) is 12.1 Å². The number of nitrogens with two attached hydrogens (primary N) is 1. The van der Waals surface area contributed by atoms with Crippen molar-refractivity contribution in [1.82, 2.24) is 0 Å². The molecule has 8 heteroatoms. The Morgan fingerprint density at radius 3 is 2.53 bits per heavy atom. The first-order chi connectivity index (χ1) is 7.71. The van der Waals surface area contributed by atoms with Crippen LogP contribution in [-0.2, 0) is 10.0 Å². The normalized spacial score (nSPS) is 11.2. The number of aryl methyl sites for hydroxylation is 1. The van der Waals surface area contributed by atoms with Gasteiger partial charge in [0.1, 0.15) is 17.4 Å². The van der Waals surface area contributed by atoms with Crippen molar-refractivity contribution >= 4 is 32.9 Å². The Hall–Kier alpha value is -1.28. The van der Waals surface area contributed by atoms with E-state index in [1.54, 1.807) is 0 Å². The SMILES string of the molecule is Cc1cc(F)c(NS(=O)(=O)CC(N)=S)cc1F. The largest absolute Gasteiger partial charge is 0.392 e. The Balaban J connectivity index is 3.04. The molecule has 0 radical (unpaired) electrons. The van der Waals surface area contributed by atoms with E-state index in [4.69, 9.17) is 5.73 Å². The van der Waals surface area contributed by atoms with Gasteiger partial charge in [0, 0.05) is 6.07 Å². The van der Waals surface area contributed by atoms with Crippen molar-refractivity contribution in [2.24, 2.45) is 5.73 Å². The van der Waals surface area contributed by atoms with Gasteiger partial charge >= 0.3 is 0 Å². The van der Waals surface area contributed by atoms with Crippen LogP contribution in [0.2, 0.25) is 0 Å². The summed E-state index contributed by atoms with van der Waals surface area (Å²) in [6.07, 6.45) is 0. The standard InChI is InChI=1S/C9H10F2N2O2S2/c1-5-2-7(11)8(3-6(5)10)13-17(14,15)4-9(12)16/h2-3,13H,4H2,1H3,(H2,12,16). The van der Waals surface area contributed by atoms with Crippen LogP contribution >= 0.6 is 12.2 Å². The molecule has 1 rings (SSSR count). The molecule has 0 aliphatic rings. The van der Waals surface area contributed by atoms with Gasteiger partial charge in [0.25, 0.3) is 0 Å². The molecule has 0 bridgehead atoms. The Morgan fingerprint density at radius 2 is 2.00 bits per heavy atom. The average Bonchev–Trinajstić information content (AvgIpc) is 2.11. The number of anilines is 1. The summed E-state index contributed by atoms with van der Waals surface area (Å²) >= 11 is 4.43. The van der Waals surface area contributed by atoms with Crippen molar-refractivity contribution < 1.29 is 17.2 Å². The summed E-state index contributed by atoms with van der Waals surface area (Å²) in [7, 11) is -3.91. The van der Waals surface area contributed by atoms with Gasteiger partial charge in [-0.3, -0.25) is 4.72 Å². The van der Waals surface area contributed by atoms with Crippen LogP contribution in [0.1, 0.15) is 5.56 Å². The predicted octanol–water partition coefficient (Wildman–Crippen LogP) is 1.30. The number of rotatable bonds is 4. The van der Waals surface area contributed by atoms with Crippen LogP contribution in [0.4, 0.5) is 14.5 Å². The Labute approximate surface area is 103 Å². The van der Waals surface area contributed by atoms with Gasteiger partial charge in [-0.2, -0.15) is 0 Å². The molecule has 1 aromatic carbocycles. The zero-order valence-corrected chi connectivity index (χ0v) is 10.5. The number of sulfonamides is 1. The van der Waals surface area contributed by atoms with Crippen LogP contribution in [0.25, 0.3) is 0 Å². The second-order valence-electron chi connectivity index (χ2n) is 3.41. The minimum atomic E-state index is -3.91. The number of benzene rings is 1. The first-order valence-corrected chi connectivity index (χ1v) is 6.52. The number of halogens is 2. The van der Waals surface area contributed by atoms with Crippen molar-refractivity contribution in [3.8, 4) is 0 Å². The van der Waals surface area contributed by atoms with E-state index in [2.05, 4.69) is 12.2 Å². The van der Waals surface area contributed by atoms with Crippen molar-refractivity contribution in [3.63, 3.8) is 0 Å². The molecule has 0 aliphatic carbocycles. The molecule has 0 saturated carbocycles. The van der Waals surface area contributed by atoms with E-state index in [1.807, 2.05) is 4.72 Å². The second-order valence-corrected chi connectivity index (χ2v) is 5.66. The lowest BCUT2D eigenvalue weighted by molar-refractivity contribution is 0.591. The van der Waals surface area contributed by atoms with Crippen LogP contribution in [0.3, 0.4) is 0 Å². The van der Waals surface area contributed by atoms with E-state index in [1.165, 1.54) is 6.92 Å². The van der Waals surface area contributed by atoms with Crippen molar-refractivity contribution in [2.45, 2.75) is 6.92 Å². The van der Waals surface area contributed by atoms with Crippen molar-refractivity contribution in [3.05, 3.63) is 29.3 Å². The Bertz CT molecular complexity index is 558. The fourth-order valence-electron chi connectivity index (χ4n) is 1.12. The van der Waals surface area contributed by atoms with Gasteiger partial charge in [0.05, 0.1) is 10.7 Å². The lowest BCUT2D eigenvalue weighted by Crippen LogP contribution is -2.26. The maximum absolute atomic E-state index is 13.3. The zero-order valence-electron chi connectivity index (χ0n) is 8.83. The van der Waals surface area contributed by atoms with Crippen LogP contribution in [0.5, 0.6) is 0 Å². The topological polar surface area (TPSA) is 72.2 Å². The minimum absolute atomic E-state index is 0.0831. The molecule has 0 aliphatic heterocycles. The van der Waals surface area contributed by atoms with Gasteiger partial charge in [0.2, 0.25) is 10.0 Å². The molecule has 0 spiro atoms. The third kappa shape index (κ3) is 3.90. The van der Waals surface area contributed by atoms with Gasteiger partial charge in [-0.05, 0) is 18.6 Å². The van der Waals surface area contributed by atoms with Crippen molar-refractivity contribution in [1.29, 1.82) is 0 Å². The molecule has 94 valence electrons. The highest BCUT2D eigenvalue weighted by Gasteiger charge is 2.16. The van der Waals surface area contributed by atoms with Crippen LogP contribution in [0, 0.1) is 18.6 Å². The third-order valence-corrected chi connectivity index (χ3v) is 3.40. The maximum Gasteiger partial charge on any atom is 0.239 e. The monoisotopic (exact) mass is 280 g/mol. The molecule has 0 atom stereocenters. The molecular weight excluding hydrogens is 270 g/mol. The summed E-state index contributed by atoms with van der Waals surface area (Å²) in [5.74, 6) is -2.20. The highest BCUT2D eigenvalue weighted by atomic mass is 32.2. The predicted molar refractivity (Wildman–Crippen MR) is 65.3 cm³/mol. The molecule has 0 heterocycles. The number of thiocarbonyl (C=S) groups is 1. The summed E-state index contributed by atoms with van der Waals surface area (Å²) in [5.41, 5.74) is 4.68. The molecule has 0 unspecified atom stereocenters. The van der Waals surface area contributed by atoms with Gasteiger partial charge in [-0.15, -0.1) is 0 Å². The van der Waals surface area contributed by atoms with Gasteiger partial charge in [0.15, 0.2) is 0 Å². The Kier molecular flexibility index (Phi) is 3.99. The average molecular weight is 280 g/mol. The fraction of sp³-hybridized carbons (Fsp3) is 0.222. The third-order valence-electron chi connectivity index (χ3n) is 1.85.